The Labute approximate surface area is 215 Å². The fraction of sp³-hybridized carbons (Fsp3) is 0.400. The van der Waals surface area contributed by atoms with Crippen molar-refractivity contribution in [2.24, 2.45) is 7.05 Å². The van der Waals surface area contributed by atoms with Crippen molar-refractivity contribution in [2.75, 3.05) is 30.3 Å². The summed E-state index contributed by atoms with van der Waals surface area (Å²) in [6.45, 7) is 6.69. The van der Waals surface area contributed by atoms with Gasteiger partial charge in [0.05, 0.1) is 40.4 Å². The number of nitrogens with zero attached hydrogens (tertiary/aromatic N) is 8. The van der Waals surface area contributed by atoms with Gasteiger partial charge >= 0.3 is 0 Å². The van der Waals surface area contributed by atoms with Crippen LogP contribution >= 0.6 is 0 Å². The molecule has 5 heterocycles. The molecular formula is C25H31N11O. The number of aromatic nitrogens is 7. The number of rotatable bonds is 8. The molecule has 12 heteroatoms. The van der Waals surface area contributed by atoms with E-state index in [0.717, 1.165) is 24.2 Å². The first-order valence-electron chi connectivity index (χ1n) is 12.5. The average molecular weight is 502 g/mol. The van der Waals surface area contributed by atoms with Crippen molar-refractivity contribution >= 4 is 40.1 Å². The third kappa shape index (κ3) is 5.64. The van der Waals surface area contributed by atoms with Crippen molar-refractivity contribution in [1.29, 1.82) is 0 Å². The van der Waals surface area contributed by atoms with Crippen molar-refractivity contribution in [3.8, 4) is 0 Å². The van der Waals surface area contributed by atoms with Crippen LogP contribution in [-0.4, -0.2) is 71.2 Å². The Morgan fingerprint density at radius 2 is 1.95 bits per heavy atom. The molecule has 1 aliphatic rings. The number of fused-ring (bicyclic) bond motifs is 1. The molecule has 1 saturated heterocycles. The van der Waals surface area contributed by atoms with Crippen LogP contribution in [0.1, 0.15) is 42.2 Å². The van der Waals surface area contributed by atoms with Crippen LogP contribution in [-0.2, 0) is 7.05 Å². The van der Waals surface area contributed by atoms with Gasteiger partial charge in [0.15, 0.2) is 11.5 Å². The first-order valence-corrected chi connectivity index (χ1v) is 12.5. The zero-order chi connectivity index (χ0) is 25.8. The fourth-order valence-electron chi connectivity index (χ4n) is 4.50. The van der Waals surface area contributed by atoms with Crippen LogP contribution in [0.3, 0.4) is 0 Å². The molecule has 3 N–H and O–H groups in total. The normalized spacial score (nSPS) is 16.0. The van der Waals surface area contributed by atoms with Crippen LogP contribution in [0.2, 0.25) is 0 Å². The molecular weight excluding hydrogens is 470 g/mol. The molecule has 0 unspecified atom stereocenters. The Kier molecular flexibility index (Phi) is 7.17. The summed E-state index contributed by atoms with van der Waals surface area (Å²) in [6.07, 6.45) is 11.8. The molecule has 5 rings (SSSR count). The molecule has 1 atom stereocenters. The van der Waals surface area contributed by atoms with Gasteiger partial charge in [-0.25, -0.2) is 19.6 Å². The molecule has 12 nitrogen and oxygen atoms in total. The highest BCUT2D eigenvalue weighted by atomic mass is 16.1. The van der Waals surface area contributed by atoms with Crippen molar-refractivity contribution in [1.82, 2.24) is 44.9 Å². The predicted octanol–water partition coefficient (Wildman–Crippen LogP) is 2.95. The standard InChI is InChI=1S/C25H31N11O/c1-16-6-4-5-8-36(16)9-7-28-24(37)18-10-21(17(2)29-11-18)32-22-20-14-30-25(33-23(20)35(3)34-22)31-19-12-26-15-27-13-19/h10-16H,4-9H2,1-3H3,(H,28,37)(H,32,34)(H,30,31,33)/t16-/m0/s1. The van der Waals surface area contributed by atoms with Gasteiger partial charge in [0.2, 0.25) is 5.95 Å². The van der Waals surface area contributed by atoms with Gasteiger partial charge in [0, 0.05) is 38.6 Å². The summed E-state index contributed by atoms with van der Waals surface area (Å²) in [5.41, 5.74) is 3.27. The Balaban J connectivity index is 1.28. The van der Waals surface area contributed by atoms with Crippen LogP contribution in [0.5, 0.6) is 0 Å². The third-order valence-electron chi connectivity index (χ3n) is 6.62. The summed E-state index contributed by atoms with van der Waals surface area (Å²) in [5, 5.41) is 14.7. The molecule has 0 bridgehead atoms. The molecule has 1 fully saturated rings. The topological polar surface area (TPSA) is 139 Å². The van der Waals surface area contributed by atoms with Crippen molar-refractivity contribution in [2.45, 2.75) is 39.2 Å². The Bertz CT molecular complexity index is 1390. The highest BCUT2D eigenvalue weighted by Crippen LogP contribution is 2.26. The first-order chi connectivity index (χ1) is 18.0. The lowest BCUT2D eigenvalue weighted by Crippen LogP contribution is -2.42. The molecule has 0 spiro atoms. The number of carbonyl (C=O) groups excluding carboxylic acids is 1. The van der Waals surface area contributed by atoms with Crippen LogP contribution in [0.25, 0.3) is 11.0 Å². The predicted molar refractivity (Wildman–Crippen MR) is 141 cm³/mol. The molecule has 1 amide bonds. The number of anilines is 4. The van der Waals surface area contributed by atoms with Gasteiger partial charge in [-0.3, -0.25) is 14.7 Å². The maximum Gasteiger partial charge on any atom is 0.252 e. The zero-order valence-corrected chi connectivity index (χ0v) is 21.3. The second-order valence-electron chi connectivity index (χ2n) is 9.27. The summed E-state index contributed by atoms with van der Waals surface area (Å²) < 4.78 is 1.67. The summed E-state index contributed by atoms with van der Waals surface area (Å²) in [6, 6.07) is 2.37. The van der Waals surface area contributed by atoms with E-state index in [1.54, 1.807) is 35.5 Å². The van der Waals surface area contributed by atoms with Crippen LogP contribution in [0.4, 0.5) is 23.1 Å². The number of hydrogen-bond donors (Lipinski definition) is 3. The smallest absolute Gasteiger partial charge is 0.252 e. The van der Waals surface area contributed by atoms with Gasteiger partial charge in [0.1, 0.15) is 6.33 Å². The largest absolute Gasteiger partial charge is 0.351 e. The molecule has 4 aromatic rings. The van der Waals surface area contributed by atoms with Crippen LogP contribution in [0, 0.1) is 6.92 Å². The van der Waals surface area contributed by atoms with E-state index >= 15 is 0 Å². The third-order valence-corrected chi connectivity index (χ3v) is 6.62. The molecule has 4 aromatic heterocycles. The number of likely N-dealkylation sites (tertiary alicyclic amines) is 1. The summed E-state index contributed by atoms with van der Waals surface area (Å²) >= 11 is 0. The minimum atomic E-state index is -0.143. The van der Waals surface area contributed by atoms with E-state index in [-0.39, 0.29) is 5.91 Å². The zero-order valence-electron chi connectivity index (χ0n) is 21.3. The number of hydrogen-bond acceptors (Lipinski definition) is 10. The lowest BCUT2D eigenvalue weighted by molar-refractivity contribution is 0.0938. The van der Waals surface area contributed by atoms with E-state index in [4.69, 9.17) is 0 Å². The Morgan fingerprint density at radius 3 is 2.76 bits per heavy atom. The number of pyridine rings is 1. The molecule has 0 aromatic carbocycles. The van der Waals surface area contributed by atoms with Gasteiger partial charge in [-0.15, -0.1) is 0 Å². The van der Waals surface area contributed by atoms with E-state index in [1.807, 2.05) is 14.0 Å². The average Bonchev–Trinajstić information content (AvgIpc) is 3.21. The minimum absolute atomic E-state index is 0.143. The maximum atomic E-state index is 12.8. The number of aryl methyl sites for hydroxylation is 2. The number of piperidine rings is 1. The van der Waals surface area contributed by atoms with Crippen molar-refractivity contribution in [3.63, 3.8) is 0 Å². The van der Waals surface area contributed by atoms with Crippen molar-refractivity contribution < 1.29 is 4.79 Å². The number of nitrogens with one attached hydrogen (secondary N) is 3. The van der Waals surface area contributed by atoms with Gasteiger partial charge in [-0.2, -0.15) is 10.1 Å². The lowest BCUT2D eigenvalue weighted by atomic mass is 10.0. The molecule has 192 valence electrons. The highest BCUT2D eigenvalue weighted by Gasteiger charge is 2.18. The highest BCUT2D eigenvalue weighted by molar-refractivity contribution is 5.96. The van der Waals surface area contributed by atoms with E-state index in [2.05, 4.69) is 57.8 Å². The fourth-order valence-corrected chi connectivity index (χ4v) is 4.50. The van der Waals surface area contributed by atoms with Crippen LogP contribution in [0.15, 0.2) is 37.2 Å². The summed E-state index contributed by atoms with van der Waals surface area (Å²) in [5.74, 6) is 0.844. The quantitative estimate of drug-likeness (QED) is 0.330. The molecule has 0 radical (unpaired) electrons. The second-order valence-corrected chi connectivity index (χ2v) is 9.27. The molecule has 0 saturated carbocycles. The van der Waals surface area contributed by atoms with Gasteiger partial charge in [-0.1, -0.05) is 6.42 Å². The first kappa shape index (κ1) is 24.5. The second kappa shape index (κ2) is 10.8. The minimum Gasteiger partial charge on any atom is -0.351 e. The summed E-state index contributed by atoms with van der Waals surface area (Å²) in [4.78, 5) is 36.7. The monoisotopic (exact) mass is 501 g/mol. The van der Waals surface area contributed by atoms with E-state index in [1.165, 1.54) is 25.6 Å². The van der Waals surface area contributed by atoms with Crippen molar-refractivity contribution in [3.05, 3.63) is 48.4 Å². The van der Waals surface area contributed by atoms with Gasteiger partial charge in [0.25, 0.3) is 5.91 Å². The lowest BCUT2D eigenvalue weighted by Gasteiger charge is -2.33. The van der Waals surface area contributed by atoms with Gasteiger partial charge in [-0.05, 0) is 39.3 Å². The number of amides is 1. The van der Waals surface area contributed by atoms with Gasteiger partial charge < -0.3 is 16.0 Å². The maximum absolute atomic E-state index is 12.8. The molecule has 37 heavy (non-hydrogen) atoms. The summed E-state index contributed by atoms with van der Waals surface area (Å²) in [7, 11) is 1.81. The molecule has 1 aliphatic heterocycles. The van der Waals surface area contributed by atoms with E-state index in [0.29, 0.717) is 46.9 Å². The van der Waals surface area contributed by atoms with E-state index < -0.39 is 0 Å². The van der Waals surface area contributed by atoms with E-state index in [9.17, 15) is 4.79 Å². The SMILES string of the molecule is Cc1ncc(C(=O)NCCN2CCCC[C@@H]2C)cc1Nc1nn(C)c2nc(Nc3cncnc3)ncc12. The Hall–Kier alpha value is -4.19. The number of carbonyl (C=O) groups is 1. The Morgan fingerprint density at radius 1 is 1.11 bits per heavy atom. The molecule has 0 aliphatic carbocycles. The van der Waals surface area contributed by atoms with Crippen LogP contribution < -0.4 is 16.0 Å².